The van der Waals surface area contributed by atoms with Crippen molar-refractivity contribution in [3.8, 4) is 11.5 Å². The molecule has 0 saturated carbocycles. The molecule has 0 aliphatic heterocycles. The van der Waals surface area contributed by atoms with E-state index >= 15 is 0 Å². The number of hydrogen-bond donors (Lipinski definition) is 1. The molecule has 3 rings (SSSR count). The summed E-state index contributed by atoms with van der Waals surface area (Å²) in [6.45, 7) is 4.09. The van der Waals surface area contributed by atoms with E-state index in [0.29, 0.717) is 30.0 Å². The first-order valence-electron chi connectivity index (χ1n) is 8.24. The van der Waals surface area contributed by atoms with Gasteiger partial charge < -0.3 is 14.8 Å². The molecule has 2 heterocycles. The second kappa shape index (κ2) is 7.69. The molecule has 0 spiro atoms. The van der Waals surface area contributed by atoms with Gasteiger partial charge in [0.1, 0.15) is 16.5 Å². The first-order chi connectivity index (χ1) is 12.5. The fraction of sp³-hybridized carbons (Fsp3) is 0.412. The van der Waals surface area contributed by atoms with E-state index < -0.39 is 0 Å². The highest BCUT2D eigenvalue weighted by Crippen LogP contribution is 2.29. The highest BCUT2D eigenvalue weighted by molar-refractivity contribution is 7.16. The van der Waals surface area contributed by atoms with Crippen molar-refractivity contribution >= 4 is 27.9 Å². The SMILES string of the molecule is COc1ccc(OC)c(NC(=O)CCc2nn3c(C(C)C)nnc3s2)c1. The van der Waals surface area contributed by atoms with Crippen LogP contribution in [-0.4, -0.2) is 39.9 Å². The Labute approximate surface area is 155 Å². The molecule has 3 aromatic rings. The van der Waals surface area contributed by atoms with Gasteiger partial charge in [0.05, 0.1) is 19.9 Å². The molecule has 0 bridgehead atoms. The summed E-state index contributed by atoms with van der Waals surface area (Å²) in [5.74, 6) is 2.18. The Balaban J connectivity index is 1.66. The molecule has 0 saturated heterocycles. The fourth-order valence-electron chi connectivity index (χ4n) is 2.48. The van der Waals surface area contributed by atoms with Gasteiger partial charge in [0.25, 0.3) is 0 Å². The highest BCUT2D eigenvalue weighted by Gasteiger charge is 2.15. The number of amides is 1. The summed E-state index contributed by atoms with van der Waals surface area (Å²) >= 11 is 1.45. The third-order valence-corrected chi connectivity index (χ3v) is 4.78. The molecular weight excluding hydrogens is 354 g/mol. The van der Waals surface area contributed by atoms with E-state index in [1.54, 1.807) is 36.9 Å². The number of carbonyl (C=O) groups excluding carboxylic acids is 1. The summed E-state index contributed by atoms with van der Waals surface area (Å²) in [6, 6.07) is 5.26. The standard InChI is InChI=1S/C17H21N5O3S/c1-10(2)16-19-20-17-22(16)21-15(26-17)8-7-14(23)18-12-9-11(24-3)5-6-13(12)25-4/h5-6,9-10H,7-8H2,1-4H3,(H,18,23). The second-order valence-electron chi connectivity index (χ2n) is 6.02. The smallest absolute Gasteiger partial charge is 0.234 e. The summed E-state index contributed by atoms with van der Waals surface area (Å²) in [7, 11) is 3.13. The van der Waals surface area contributed by atoms with Gasteiger partial charge >= 0.3 is 0 Å². The van der Waals surface area contributed by atoms with Crippen molar-refractivity contribution in [2.45, 2.75) is 32.6 Å². The molecule has 0 aliphatic carbocycles. The Morgan fingerprint density at radius 3 is 2.77 bits per heavy atom. The number of nitrogens with one attached hydrogen (secondary N) is 1. The van der Waals surface area contributed by atoms with Crippen LogP contribution in [-0.2, 0) is 11.2 Å². The third-order valence-electron chi connectivity index (χ3n) is 3.82. The van der Waals surface area contributed by atoms with E-state index in [4.69, 9.17) is 9.47 Å². The average molecular weight is 375 g/mol. The number of anilines is 1. The number of rotatable bonds is 7. The van der Waals surface area contributed by atoms with E-state index in [2.05, 4.69) is 20.6 Å². The van der Waals surface area contributed by atoms with Crippen molar-refractivity contribution in [3.63, 3.8) is 0 Å². The number of hydrogen-bond acceptors (Lipinski definition) is 7. The molecule has 8 nitrogen and oxygen atoms in total. The van der Waals surface area contributed by atoms with Crippen molar-refractivity contribution in [3.05, 3.63) is 29.0 Å². The first-order valence-corrected chi connectivity index (χ1v) is 9.06. The minimum Gasteiger partial charge on any atom is -0.497 e. The van der Waals surface area contributed by atoms with Gasteiger partial charge in [-0.05, 0) is 12.1 Å². The molecule has 2 aromatic heterocycles. The van der Waals surface area contributed by atoms with Gasteiger partial charge in [-0.2, -0.15) is 9.61 Å². The van der Waals surface area contributed by atoms with Gasteiger partial charge in [-0.3, -0.25) is 4.79 Å². The maximum absolute atomic E-state index is 12.3. The highest BCUT2D eigenvalue weighted by atomic mass is 32.1. The number of methoxy groups -OCH3 is 2. The van der Waals surface area contributed by atoms with Crippen molar-refractivity contribution in [1.29, 1.82) is 0 Å². The summed E-state index contributed by atoms with van der Waals surface area (Å²) in [6.07, 6.45) is 0.838. The van der Waals surface area contributed by atoms with E-state index in [0.717, 1.165) is 15.8 Å². The summed E-state index contributed by atoms with van der Waals surface area (Å²) < 4.78 is 12.2. The molecule has 0 atom stereocenters. The number of nitrogens with zero attached hydrogens (tertiary/aromatic N) is 4. The molecular formula is C17H21N5O3S. The quantitative estimate of drug-likeness (QED) is 0.683. The zero-order valence-corrected chi connectivity index (χ0v) is 16.0. The fourth-order valence-corrected chi connectivity index (χ4v) is 3.32. The summed E-state index contributed by atoms with van der Waals surface area (Å²) in [5.41, 5.74) is 0.581. The predicted octanol–water partition coefficient (Wildman–Crippen LogP) is 2.90. The van der Waals surface area contributed by atoms with E-state index in [-0.39, 0.29) is 11.8 Å². The largest absolute Gasteiger partial charge is 0.497 e. The van der Waals surface area contributed by atoms with Gasteiger partial charge in [0.15, 0.2) is 5.82 Å². The predicted molar refractivity (Wildman–Crippen MR) is 99.2 cm³/mol. The van der Waals surface area contributed by atoms with Crippen LogP contribution in [0.1, 0.15) is 37.0 Å². The molecule has 0 unspecified atom stereocenters. The van der Waals surface area contributed by atoms with E-state index in [1.807, 2.05) is 13.8 Å². The number of aromatic nitrogens is 4. The zero-order chi connectivity index (χ0) is 18.7. The minimum atomic E-state index is -0.119. The summed E-state index contributed by atoms with van der Waals surface area (Å²) in [4.78, 5) is 13.1. The minimum absolute atomic E-state index is 0.119. The van der Waals surface area contributed by atoms with Gasteiger partial charge in [-0.25, -0.2) is 0 Å². The molecule has 138 valence electrons. The molecule has 26 heavy (non-hydrogen) atoms. The number of benzene rings is 1. The number of ether oxygens (including phenoxy) is 2. The Morgan fingerprint density at radius 1 is 1.27 bits per heavy atom. The topological polar surface area (TPSA) is 90.6 Å². The normalized spacial score (nSPS) is 11.1. The lowest BCUT2D eigenvalue weighted by molar-refractivity contribution is -0.116. The molecule has 0 aliphatic rings. The van der Waals surface area contributed by atoms with Crippen molar-refractivity contribution in [2.75, 3.05) is 19.5 Å². The maximum Gasteiger partial charge on any atom is 0.234 e. The Hall–Kier alpha value is -2.68. The van der Waals surface area contributed by atoms with Crippen molar-refractivity contribution in [2.24, 2.45) is 0 Å². The van der Waals surface area contributed by atoms with Gasteiger partial charge in [-0.15, -0.1) is 10.2 Å². The van der Waals surface area contributed by atoms with Crippen LogP contribution in [0.15, 0.2) is 18.2 Å². The lowest BCUT2D eigenvalue weighted by atomic mass is 10.2. The van der Waals surface area contributed by atoms with Crippen LogP contribution < -0.4 is 14.8 Å². The van der Waals surface area contributed by atoms with Crippen LogP contribution >= 0.6 is 11.3 Å². The second-order valence-corrected chi connectivity index (χ2v) is 7.06. The van der Waals surface area contributed by atoms with Crippen LogP contribution in [0.25, 0.3) is 4.96 Å². The maximum atomic E-state index is 12.3. The number of fused-ring (bicyclic) bond motifs is 1. The Kier molecular flexibility index (Phi) is 5.36. The molecule has 0 radical (unpaired) electrons. The van der Waals surface area contributed by atoms with E-state index in [9.17, 15) is 4.79 Å². The molecule has 1 amide bonds. The van der Waals surface area contributed by atoms with Crippen LogP contribution in [0, 0.1) is 0 Å². The number of aryl methyl sites for hydroxylation is 1. The zero-order valence-electron chi connectivity index (χ0n) is 15.1. The molecule has 1 N–H and O–H groups in total. The lowest BCUT2D eigenvalue weighted by Crippen LogP contribution is -2.13. The van der Waals surface area contributed by atoms with Gasteiger partial charge in [0, 0.05) is 24.8 Å². The van der Waals surface area contributed by atoms with Crippen molar-refractivity contribution < 1.29 is 14.3 Å². The lowest BCUT2D eigenvalue weighted by Gasteiger charge is -2.11. The first kappa shape index (κ1) is 18.1. The Morgan fingerprint density at radius 2 is 2.08 bits per heavy atom. The Bertz CT molecular complexity index is 918. The number of carbonyl (C=O) groups is 1. The average Bonchev–Trinajstić information content (AvgIpc) is 3.19. The van der Waals surface area contributed by atoms with Crippen LogP contribution in [0.2, 0.25) is 0 Å². The molecule has 9 heteroatoms. The molecule has 1 aromatic carbocycles. The van der Waals surface area contributed by atoms with E-state index in [1.165, 1.54) is 11.3 Å². The van der Waals surface area contributed by atoms with Crippen molar-refractivity contribution in [1.82, 2.24) is 19.8 Å². The third kappa shape index (κ3) is 3.77. The van der Waals surface area contributed by atoms with Crippen LogP contribution in [0.4, 0.5) is 5.69 Å². The van der Waals surface area contributed by atoms with Crippen LogP contribution in [0.5, 0.6) is 11.5 Å². The summed E-state index contributed by atoms with van der Waals surface area (Å²) in [5, 5.41) is 16.5. The van der Waals surface area contributed by atoms with Gasteiger partial charge in [-0.1, -0.05) is 25.2 Å². The van der Waals surface area contributed by atoms with Crippen LogP contribution in [0.3, 0.4) is 0 Å². The monoisotopic (exact) mass is 375 g/mol. The van der Waals surface area contributed by atoms with Gasteiger partial charge in [0.2, 0.25) is 10.9 Å². The molecule has 0 fully saturated rings.